The predicted molar refractivity (Wildman–Crippen MR) is 62.8 cm³/mol. The monoisotopic (exact) mass is 234 g/mol. The zero-order chi connectivity index (χ0) is 12.3. The minimum absolute atomic E-state index is 0.179. The summed E-state index contributed by atoms with van der Waals surface area (Å²) in [4.78, 5) is 22.9. The van der Waals surface area contributed by atoms with E-state index >= 15 is 0 Å². The van der Waals surface area contributed by atoms with Crippen LogP contribution in [-0.4, -0.2) is 25.0 Å². The summed E-state index contributed by atoms with van der Waals surface area (Å²) in [6, 6.07) is 7.04. The third kappa shape index (κ3) is 3.21. The van der Waals surface area contributed by atoms with Crippen LogP contribution in [0.3, 0.4) is 0 Å². The second-order valence-corrected chi connectivity index (χ2v) is 3.93. The van der Waals surface area contributed by atoms with Gasteiger partial charge in [-0.15, -0.1) is 0 Å². The van der Waals surface area contributed by atoms with Crippen molar-refractivity contribution in [3.05, 3.63) is 24.3 Å². The maximum atomic E-state index is 11.5. The first-order valence-electron chi connectivity index (χ1n) is 5.45. The van der Waals surface area contributed by atoms with E-state index in [-0.39, 0.29) is 6.04 Å². The summed E-state index contributed by atoms with van der Waals surface area (Å²) in [6.07, 6.45) is 1.91. The van der Waals surface area contributed by atoms with E-state index < -0.39 is 11.8 Å². The molecule has 2 amide bonds. The topological polar surface area (TPSA) is 67.4 Å². The Bertz CT molecular complexity index is 441. The highest BCUT2D eigenvalue weighted by atomic mass is 16.5. The molecule has 1 fully saturated rings. The predicted octanol–water partition coefficient (Wildman–Crippen LogP) is 0.912. The van der Waals surface area contributed by atoms with Gasteiger partial charge in [0.15, 0.2) is 0 Å². The van der Waals surface area contributed by atoms with Gasteiger partial charge in [-0.25, -0.2) is 0 Å². The molecule has 2 N–H and O–H groups in total. The normalized spacial score (nSPS) is 13.9. The fraction of sp³-hybridized carbons (Fsp3) is 0.333. The maximum absolute atomic E-state index is 11.5. The molecule has 0 aromatic heterocycles. The van der Waals surface area contributed by atoms with E-state index in [2.05, 4.69) is 10.6 Å². The van der Waals surface area contributed by atoms with Crippen molar-refractivity contribution >= 4 is 17.5 Å². The van der Waals surface area contributed by atoms with Crippen LogP contribution >= 0.6 is 0 Å². The lowest BCUT2D eigenvalue weighted by Gasteiger charge is -2.06. The van der Waals surface area contributed by atoms with Gasteiger partial charge in [-0.05, 0) is 25.0 Å². The molecular weight excluding hydrogens is 220 g/mol. The lowest BCUT2D eigenvalue weighted by Crippen LogP contribution is -2.36. The fourth-order valence-electron chi connectivity index (χ4n) is 1.37. The summed E-state index contributed by atoms with van der Waals surface area (Å²) in [5, 5.41) is 5.14. The minimum atomic E-state index is -0.648. The molecule has 0 heterocycles. The Labute approximate surface area is 99.2 Å². The third-order valence-corrected chi connectivity index (χ3v) is 2.45. The van der Waals surface area contributed by atoms with Crippen LogP contribution in [0.25, 0.3) is 0 Å². The molecule has 0 atom stereocenters. The lowest BCUT2D eigenvalue weighted by molar-refractivity contribution is -0.136. The first kappa shape index (κ1) is 11.4. The Kier molecular flexibility index (Phi) is 3.27. The number of nitrogens with one attached hydrogen (secondary N) is 2. The molecule has 17 heavy (non-hydrogen) atoms. The van der Waals surface area contributed by atoms with Crippen LogP contribution in [-0.2, 0) is 9.59 Å². The van der Waals surface area contributed by atoms with Crippen LogP contribution in [0.1, 0.15) is 12.8 Å². The Morgan fingerprint density at radius 2 is 2.06 bits per heavy atom. The van der Waals surface area contributed by atoms with Gasteiger partial charge < -0.3 is 15.4 Å². The SMILES string of the molecule is COc1cccc(NC(=O)C(=O)NC2CC2)c1. The molecule has 0 unspecified atom stereocenters. The molecule has 1 saturated carbocycles. The molecule has 0 bridgehead atoms. The smallest absolute Gasteiger partial charge is 0.313 e. The molecule has 1 aliphatic rings. The molecule has 2 rings (SSSR count). The summed E-state index contributed by atoms with van der Waals surface area (Å²) in [5.74, 6) is -0.606. The average molecular weight is 234 g/mol. The number of hydrogen-bond donors (Lipinski definition) is 2. The quantitative estimate of drug-likeness (QED) is 0.764. The Hall–Kier alpha value is -2.04. The minimum Gasteiger partial charge on any atom is -0.497 e. The van der Waals surface area contributed by atoms with Crippen molar-refractivity contribution in [3.8, 4) is 5.75 Å². The van der Waals surface area contributed by atoms with Crippen molar-refractivity contribution in [3.63, 3.8) is 0 Å². The van der Waals surface area contributed by atoms with Gasteiger partial charge in [0.1, 0.15) is 5.75 Å². The first-order valence-corrected chi connectivity index (χ1v) is 5.45. The summed E-state index contributed by atoms with van der Waals surface area (Å²) >= 11 is 0. The van der Waals surface area contributed by atoms with Gasteiger partial charge in [0.05, 0.1) is 7.11 Å². The van der Waals surface area contributed by atoms with Crippen molar-refractivity contribution in [2.45, 2.75) is 18.9 Å². The largest absolute Gasteiger partial charge is 0.497 e. The number of amides is 2. The molecular formula is C12H14N2O3. The highest BCUT2D eigenvalue weighted by molar-refractivity contribution is 6.39. The van der Waals surface area contributed by atoms with Crippen molar-refractivity contribution < 1.29 is 14.3 Å². The lowest BCUT2D eigenvalue weighted by atomic mass is 10.3. The summed E-state index contributed by atoms with van der Waals surface area (Å²) in [7, 11) is 1.54. The van der Waals surface area contributed by atoms with Gasteiger partial charge in [0.25, 0.3) is 0 Å². The van der Waals surface area contributed by atoms with E-state index in [1.807, 2.05) is 0 Å². The number of carbonyl (C=O) groups excluding carboxylic acids is 2. The number of rotatable bonds is 3. The molecule has 5 nitrogen and oxygen atoms in total. The van der Waals surface area contributed by atoms with Crippen molar-refractivity contribution in [1.29, 1.82) is 0 Å². The van der Waals surface area contributed by atoms with Gasteiger partial charge in [0.2, 0.25) is 0 Å². The number of anilines is 1. The van der Waals surface area contributed by atoms with Crippen molar-refractivity contribution in [2.75, 3.05) is 12.4 Å². The zero-order valence-corrected chi connectivity index (χ0v) is 9.53. The molecule has 1 aromatic rings. The first-order chi connectivity index (χ1) is 8.19. The van der Waals surface area contributed by atoms with Crippen LogP contribution in [0.4, 0.5) is 5.69 Å². The molecule has 0 radical (unpaired) electrons. The van der Waals surface area contributed by atoms with Crippen LogP contribution in [0, 0.1) is 0 Å². The van der Waals surface area contributed by atoms with Crippen LogP contribution < -0.4 is 15.4 Å². The van der Waals surface area contributed by atoms with E-state index in [1.165, 1.54) is 0 Å². The number of ether oxygens (including phenoxy) is 1. The second kappa shape index (κ2) is 4.86. The van der Waals surface area contributed by atoms with Gasteiger partial charge in [-0.2, -0.15) is 0 Å². The number of benzene rings is 1. The van der Waals surface area contributed by atoms with E-state index in [0.717, 1.165) is 12.8 Å². The standard InChI is InChI=1S/C12H14N2O3/c1-17-10-4-2-3-9(7-10)14-12(16)11(15)13-8-5-6-8/h2-4,7-8H,5-6H2,1H3,(H,13,15)(H,14,16). The van der Waals surface area contributed by atoms with E-state index in [0.29, 0.717) is 11.4 Å². The highest BCUT2D eigenvalue weighted by Crippen LogP contribution is 2.19. The maximum Gasteiger partial charge on any atom is 0.313 e. The van der Waals surface area contributed by atoms with Gasteiger partial charge in [0, 0.05) is 17.8 Å². The summed E-state index contributed by atoms with van der Waals surface area (Å²) in [5.41, 5.74) is 0.542. The highest BCUT2D eigenvalue weighted by Gasteiger charge is 2.26. The van der Waals surface area contributed by atoms with Crippen LogP contribution in [0.5, 0.6) is 5.75 Å². The number of hydrogen-bond acceptors (Lipinski definition) is 3. The van der Waals surface area contributed by atoms with Crippen molar-refractivity contribution in [2.24, 2.45) is 0 Å². The number of methoxy groups -OCH3 is 1. The molecule has 0 spiro atoms. The second-order valence-electron chi connectivity index (χ2n) is 3.93. The molecule has 0 aliphatic heterocycles. The Balaban J connectivity index is 1.94. The van der Waals surface area contributed by atoms with Gasteiger partial charge in [-0.1, -0.05) is 6.07 Å². The van der Waals surface area contributed by atoms with Crippen LogP contribution in [0.15, 0.2) is 24.3 Å². The van der Waals surface area contributed by atoms with Crippen LogP contribution in [0.2, 0.25) is 0 Å². The van der Waals surface area contributed by atoms with Gasteiger partial charge >= 0.3 is 11.8 Å². The molecule has 90 valence electrons. The summed E-state index contributed by atoms with van der Waals surface area (Å²) < 4.78 is 5.02. The number of carbonyl (C=O) groups is 2. The van der Waals surface area contributed by atoms with E-state index in [4.69, 9.17) is 4.74 Å². The molecule has 5 heteroatoms. The van der Waals surface area contributed by atoms with Gasteiger partial charge in [-0.3, -0.25) is 9.59 Å². The third-order valence-electron chi connectivity index (χ3n) is 2.45. The molecule has 1 aliphatic carbocycles. The Morgan fingerprint density at radius 1 is 1.29 bits per heavy atom. The zero-order valence-electron chi connectivity index (χ0n) is 9.53. The fourth-order valence-corrected chi connectivity index (χ4v) is 1.37. The summed E-state index contributed by atoms with van der Waals surface area (Å²) in [6.45, 7) is 0. The van der Waals surface area contributed by atoms with Crippen molar-refractivity contribution in [1.82, 2.24) is 5.32 Å². The Morgan fingerprint density at radius 3 is 2.71 bits per heavy atom. The molecule has 0 saturated heterocycles. The van der Waals surface area contributed by atoms with E-state index in [1.54, 1.807) is 31.4 Å². The van der Waals surface area contributed by atoms with E-state index in [9.17, 15) is 9.59 Å². The average Bonchev–Trinajstić information content (AvgIpc) is 3.13. The molecule has 1 aromatic carbocycles.